The Bertz CT molecular complexity index is 1240. The van der Waals surface area contributed by atoms with E-state index in [0.29, 0.717) is 5.56 Å². The van der Waals surface area contributed by atoms with Crippen LogP contribution in [0.3, 0.4) is 0 Å². The molecular weight excluding hydrogens is 437 g/mol. The number of benzene rings is 3. The van der Waals surface area contributed by atoms with E-state index in [4.69, 9.17) is 4.74 Å². The number of phenols is 2. The van der Waals surface area contributed by atoms with E-state index in [1.165, 1.54) is 24.3 Å². The van der Waals surface area contributed by atoms with Crippen LogP contribution in [0.2, 0.25) is 0 Å². The maximum atomic E-state index is 12.8. The standard InChI is InChI=1S/C25H17F3O5/c26-25(27,28)33-17-11-9-16(10-12-17)13-21-24(31)22-20(32-21)14-19(29)18(23(22)30)8-4-7-15-5-2-1-3-6-15/h1-7,9-14,29-30H,8H2. The number of Topliss-reactive ketones (excluding diaryl/α,β-unsaturated/α-hetero) is 1. The van der Waals surface area contributed by atoms with Crippen LogP contribution in [-0.4, -0.2) is 22.4 Å². The second-order valence-corrected chi connectivity index (χ2v) is 7.17. The second kappa shape index (κ2) is 8.74. The largest absolute Gasteiger partial charge is 0.573 e. The molecule has 0 amide bonds. The highest BCUT2D eigenvalue weighted by Gasteiger charge is 2.33. The van der Waals surface area contributed by atoms with Gasteiger partial charge in [-0.2, -0.15) is 0 Å². The first-order valence-corrected chi connectivity index (χ1v) is 9.81. The molecule has 0 saturated carbocycles. The van der Waals surface area contributed by atoms with Crippen LogP contribution in [-0.2, 0) is 6.42 Å². The molecule has 1 aliphatic rings. The van der Waals surface area contributed by atoms with Gasteiger partial charge in [0.25, 0.3) is 0 Å². The number of halogens is 3. The number of fused-ring (bicyclic) bond motifs is 1. The zero-order chi connectivity index (χ0) is 23.6. The van der Waals surface area contributed by atoms with Gasteiger partial charge in [0, 0.05) is 11.6 Å². The van der Waals surface area contributed by atoms with E-state index >= 15 is 0 Å². The van der Waals surface area contributed by atoms with Gasteiger partial charge in [-0.3, -0.25) is 4.79 Å². The smallest absolute Gasteiger partial charge is 0.507 e. The molecule has 0 fully saturated rings. The number of ketones is 1. The minimum Gasteiger partial charge on any atom is -0.507 e. The summed E-state index contributed by atoms with van der Waals surface area (Å²) < 4.78 is 46.2. The van der Waals surface area contributed by atoms with E-state index < -0.39 is 17.9 Å². The highest BCUT2D eigenvalue weighted by atomic mass is 19.4. The summed E-state index contributed by atoms with van der Waals surface area (Å²) in [6.07, 6.45) is 0.262. The summed E-state index contributed by atoms with van der Waals surface area (Å²) in [6.45, 7) is 0. The average molecular weight is 454 g/mol. The molecule has 0 aliphatic carbocycles. The Morgan fingerprint density at radius 2 is 1.67 bits per heavy atom. The van der Waals surface area contributed by atoms with Crippen molar-refractivity contribution in [3.8, 4) is 23.0 Å². The van der Waals surface area contributed by atoms with Crippen molar-refractivity contribution in [3.05, 3.63) is 94.8 Å². The summed E-state index contributed by atoms with van der Waals surface area (Å²) in [4.78, 5) is 12.8. The molecule has 0 saturated heterocycles. The lowest BCUT2D eigenvalue weighted by atomic mass is 10.0. The molecule has 1 aliphatic heterocycles. The van der Waals surface area contributed by atoms with Crippen LogP contribution in [0.5, 0.6) is 23.0 Å². The molecule has 33 heavy (non-hydrogen) atoms. The number of carbonyl (C=O) groups is 1. The zero-order valence-corrected chi connectivity index (χ0v) is 17.0. The van der Waals surface area contributed by atoms with Gasteiger partial charge in [0.15, 0.2) is 5.76 Å². The van der Waals surface area contributed by atoms with Crippen molar-refractivity contribution in [2.45, 2.75) is 12.8 Å². The van der Waals surface area contributed by atoms with E-state index in [2.05, 4.69) is 4.74 Å². The van der Waals surface area contributed by atoms with Gasteiger partial charge in [-0.15, -0.1) is 13.2 Å². The number of hydrogen-bond acceptors (Lipinski definition) is 5. The van der Waals surface area contributed by atoms with Gasteiger partial charge in [0.05, 0.1) is 0 Å². The highest BCUT2D eigenvalue weighted by Crippen LogP contribution is 2.44. The molecule has 3 aromatic rings. The topological polar surface area (TPSA) is 76.0 Å². The van der Waals surface area contributed by atoms with Crippen molar-refractivity contribution >= 4 is 17.9 Å². The third-order valence-corrected chi connectivity index (χ3v) is 4.86. The summed E-state index contributed by atoms with van der Waals surface area (Å²) in [5.74, 6) is -1.76. The van der Waals surface area contributed by atoms with E-state index in [1.807, 2.05) is 36.4 Å². The summed E-state index contributed by atoms with van der Waals surface area (Å²) >= 11 is 0. The van der Waals surface area contributed by atoms with Crippen LogP contribution in [0.4, 0.5) is 13.2 Å². The van der Waals surface area contributed by atoms with Gasteiger partial charge in [-0.05, 0) is 35.8 Å². The van der Waals surface area contributed by atoms with Crippen molar-refractivity contribution in [2.24, 2.45) is 0 Å². The Kier molecular flexibility index (Phi) is 5.83. The molecule has 5 nitrogen and oxygen atoms in total. The molecule has 0 radical (unpaired) electrons. The van der Waals surface area contributed by atoms with Gasteiger partial charge < -0.3 is 19.7 Å². The lowest BCUT2D eigenvalue weighted by Gasteiger charge is -2.08. The van der Waals surface area contributed by atoms with Crippen molar-refractivity contribution < 1.29 is 37.7 Å². The summed E-state index contributed by atoms with van der Waals surface area (Å²) in [5, 5.41) is 21.0. The zero-order valence-electron chi connectivity index (χ0n) is 17.0. The van der Waals surface area contributed by atoms with E-state index in [9.17, 15) is 28.2 Å². The van der Waals surface area contributed by atoms with Gasteiger partial charge in [-0.1, -0.05) is 54.6 Å². The number of aromatic hydroxyl groups is 2. The summed E-state index contributed by atoms with van der Waals surface area (Å²) in [5.41, 5.74) is 1.41. The van der Waals surface area contributed by atoms with Gasteiger partial charge >= 0.3 is 6.36 Å². The van der Waals surface area contributed by atoms with Crippen LogP contribution in [0.15, 0.2) is 72.5 Å². The molecule has 8 heteroatoms. The molecule has 3 aromatic carbocycles. The minimum absolute atomic E-state index is 0.00550. The molecule has 168 valence electrons. The van der Waals surface area contributed by atoms with Crippen molar-refractivity contribution in [1.82, 2.24) is 0 Å². The summed E-state index contributed by atoms with van der Waals surface area (Å²) in [6, 6.07) is 15.5. The number of allylic oxidation sites excluding steroid dienone is 2. The highest BCUT2D eigenvalue weighted by molar-refractivity contribution is 6.16. The van der Waals surface area contributed by atoms with Crippen LogP contribution in [0.25, 0.3) is 12.2 Å². The molecule has 1 heterocycles. The first-order valence-electron chi connectivity index (χ1n) is 9.81. The first-order chi connectivity index (χ1) is 15.7. The molecule has 0 spiro atoms. The molecule has 2 N–H and O–H groups in total. The Labute approximate surface area is 186 Å². The van der Waals surface area contributed by atoms with Crippen LogP contribution < -0.4 is 9.47 Å². The number of carbonyl (C=O) groups excluding carboxylic acids is 1. The SMILES string of the molecule is O=C1C(=Cc2ccc(OC(F)(F)F)cc2)Oc2cc(O)c(CC=Cc3ccccc3)c(O)c21. The Morgan fingerprint density at radius 3 is 2.33 bits per heavy atom. The molecule has 0 atom stereocenters. The molecule has 0 unspecified atom stereocenters. The third-order valence-electron chi connectivity index (χ3n) is 4.86. The fraction of sp³-hybridized carbons (Fsp3) is 0.0800. The third kappa shape index (κ3) is 5.01. The minimum atomic E-state index is -4.81. The van der Waals surface area contributed by atoms with E-state index in [0.717, 1.165) is 17.7 Å². The van der Waals surface area contributed by atoms with Crippen LogP contribution in [0, 0.1) is 0 Å². The van der Waals surface area contributed by atoms with Gasteiger partial charge in [0.1, 0.15) is 28.6 Å². The van der Waals surface area contributed by atoms with Crippen LogP contribution >= 0.6 is 0 Å². The quantitative estimate of drug-likeness (QED) is 0.472. The molecule has 0 aromatic heterocycles. The predicted octanol–water partition coefficient (Wildman–Crippen LogP) is 5.87. The van der Waals surface area contributed by atoms with Gasteiger partial charge in [-0.25, -0.2) is 0 Å². The number of alkyl halides is 3. The van der Waals surface area contributed by atoms with Crippen LogP contribution in [0.1, 0.15) is 27.0 Å². The van der Waals surface area contributed by atoms with Crippen molar-refractivity contribution in [2.75, 3.05) is 0 Å². The maximum Gasteiger partial charge on any atom is 0.573 e. The van der Waals surface area contributed by atoms with Crippen molar-refractivity contribution in [3.63, 3.8) is 0 Å². The number of rotatable bonds is 5. The maximum absolute atomic E-state index is 12.8. The fourth-order valence-electron chi connectivity index (χ4n) is 3.35. The fourth-order valence-corrected chi connectivity index (χ4v) is 3.35. The second-order valence-electron chi connectivity index (χ2n) is 7.17. The predicted molar refractivity (Wildman–Crippen MR) is 115 cm³/mol. The molecular formula is C25H17F3O5. The number of phenolic OH excluding ortho intramolecular Hbond substituents is 2. The van der Waals surface area contributed by atoms with Gasteiger partial charge in [0.2, 0.25) is 5.78 Å². The normalized spacial score (nSPS) is 14.5. The van der Waals surface area contributed by atoms with E-state index in [1.54, 1.807) is 6.08 Å². The monoisotopic (exact) mass is 454 g/mol. The molecule has 0 bridgehead atoms. The summed E-state index contributed by atoms with van der Waals surface area (Å²) in [7, 11) is 0. The first kappa shape index (κ1) is 22.0. The lowest BCUT2D eigenvalue weighted by molar-refractivity contribution is -0.274. The Balaban J connectivity index is 1.55. The van der Waals surface area contributed by atoms with Crippen molar-refractivity contribution in [1.29, 1.82) is 0 Å². The number of ether oxygens (including phenoxy) is 2. The molecule has 4 rings (SSSR count). The lowest BCUT2D eigenvalue weighted by Crippen LogP contribution is -2.16. The Hall–Kier alpha value is -4.20. The number of hydrogen-bond donors (Lipinski definition) is 2. The average Bonchev–Trinajstić information content (AvgIpc) is 3.06. The van der Waals surface area contributed by atoms with E-state index in [-0.39, 0.29) is 40.6 Å². The Morgan fingerprint density at radius 1 is 0.970 bits per heavy atom.